The van der Waals surface area contributed by atoms with Crippen molar-refractivity contribution in [3.63, 3.8) is 0 Å². The summed E-state index contributed by atoms with van der Waals surface area (Å²) in [5, 5.41) is 17.2. The number of aromatic nitrogens is 3. The summed E-state index contributed by atoms with van der Waals surface area (Å²) >= 11 is 0. The van der Waals surface area contributed by atoms with Gasteiger partial charge in [0.15, 0.2) is 23.0 Å². The number of imidazole rings is 1. The van der Waals surface area contributed by atoms with Crippen LogP contribution < -0.4 is 20.7 Å². The van der Waals surface area contributed by atoms with Crippen molar-refractivity contribution in [1.29, 1.82) is 5.41 Å². The van der Waals surface area contributed by atoms with E-state index in [0.717, 1.165) is 5.56 Å². The number of amides is 1. The molecular weight excluding hydrogens is 516 g/mol. The average molecular weight is 550 g/mol. The normalized spacial score (nSPS) is 11.9. The number of rotatable bonds is 10. The van der Waals surface area contributed by atoms with Crippen LogP contribution in [0.1, 0.15) is 43.6 Å². The van der Waals surface area contributed by atoms with E-state index in [9.17, 15) is 13.6 Å². The van der Waals surface area contributed by atoms with E-state index in [4.69, 9.17) is 10.1 Å². The summed E-state index contributed by atoms with van der Waals surface area (Å²) in [4.78, 5) is 21.8. The van der Waals surface area contributed by atoms with Gasteiger partial charge in [-0.15, -0.1) is 0 Å². The summed E-state index contributed by atoms with van der Waals surface area (Å²) in [6.45, 7) is 8.18. The zero-order valence-electron chi connectivity index (χ0n) is 23.1. The second-order valence-electron chi connectivity index (χ2n) is 9.73. The molecule has 4 N–H and O–H groups in total. The van der Waals surface area contributed by atoms with Gasteiger partial charge in [0.2, 0.25) is 5.82 Å². The van der Waals surface area contributed by atoms with Crippen molar-refractivity contribution in [3.8, 4) is 17.0 Å². The number of carbonyl (C=O) groups is 1. The van der Waals surface area contributed by atoms with Crippen molar-refractivity contribution in [1.82, 2.24) is 25.0 Å². The molecule has 1 atom stereocenters. The zero-order chi connectivity index (χ0) is 29.0. The third-order valence-electron chi connectivity index (χ3n) is 6.52. The second-order valence-corrected chi connectivity index (χ2v) is 9.73. The largest absolute Gasteiger partial charge is 0.494 e. The van der Waals surface area contributed by atoms with Crippen molar-refractivity contribution >= 4 is 28.9 Å². The Labute approximate surface area is 231 Å². The van der Waals surface area contributed by atoms with Gasteiger partial charge in [0.25, 0.3) is 5.91 Å². The fourth-order valence-electron chi connectivity index (χ4n) is 4.24. The number of nitrogens with zero attached hydrogens (tertiary/aromatic N) is 3. The van der Waals surface area contributed by atoms with E-state index in [1.807, 2.05) is 33.8 Å². The molecule has 210 valence electrons. The number of aryl methyl sites for hydroxylation is 1. The monoisotopic (exact) mass is 549 g/mol. The van der Waals surface area contributed by atoms with Crippen LogP contribution in [0.5, 0.6) is 5.75 Å². The Morgan fingerprint density at radius 1 is 1.12 bits per heavy atom. The lowest BCUT2D eigenvalue weighted by Gasteiger charge is -2.18. The molecular formula is C29H33F2N7O2. The van der Waals surface area contributed by atoms with Crippen LogP contribution in [0.25, 0.3) is 16.9 Å². The molecule has 1 amide bonds. The Morgan fingerprint density at radius 3 is 2.60 bits per heavy atom. The molecule has 0 saturated heterocycles. The van der Waals surface area contributed by atoms with Crippen LogP contribution in [-0.4, -0.2) is 45.8 Å². The van der Waals surface area contributed by atoms with Crippen LogP contribution in [0.15, 0.2) is 48.9 Å². The van der Waals surface area contributed by atoms with E-state index >= 15 is 0 Å². The van der Waals surface area contributed by atoms with Crippen molar-refractivity contribution in [2.75, 3.05) is 19.0 Å². The first-order valence-electron chi connectivity index (χ1n) is 13.0. The number of fused-ring (bicyclic) bond motifs is 1. The first-order chi connectivity index (χ1) is 19.1. The molecule has 0 spiro atoms. The van der Waals surface area contributed by atoms with Gasteiger partial charge >= 0.3 is 0 Å². The van der Waals surface area contributed by atoms with Gasteiger partial charge in [-0.2, -0.15) is 4.39 Å². The molecule has 2 heterocycles. The lowest BCUT2D eigenvalue weighted by atomic mass is 10.0. The lowest BCUT2D eigenvalue weighted by Crippen LogP contribution is -2.42. The number of ether oxygens (including phenoxy) is 1. The molecule has 11 heteroatoms. The Bertz CT molecular complexity index is 1550. The fraction of sp³-hybridized carbons (Fsp3) is 0.310. The first-order valence-corrected chi connectivity index (χ1v) is 13.0. The van der Waals surface area contributed by atoms with Gasteiger partial charge < -0.3 is 20.7 Å². The minimum atomic E-state index is -1.07. The summed E-state index contributed by atoms with van der Waals surface area (Å²) in [6.07, 6.45) is 5.23. The fourth-order valence-corrected chi connectivity index (χ4v) is 4.24. The van der Waals surface area contributed by atoms with Crippen LogP contribution in [0.2, 0.25) is 0 Å². The number of benzene rings is 2. The van der Waals surface area contributed by atoms with E-state index in [2.05, 4.69) is 25.9 Å². The SMILES string of the molecule is CCc1cc(Nc2nccn3c(-c4ccc(OC)c(F)c4F)cnc23)ccc1C(=O)NC(C)CNC(=N)C(C)C. The predicted molar refractivity (Wildman–Crippen MR) is 151 cm³/mol. The van der Waals surface area contributed by atoms with Gasteiger partial charge in [-0.3, -0.25) is 14.6 Å². The molecule has 4 aromatic rings. The molecule has 0 radical (unpaired) electrons. The molecule has 0 aliphatic heterocycles. The zero-order valence-corrected chi connectivity index (χ0v) is 23.1. The maximum absolute atomic E-state index is 14.8. The van der Waals surface area contributed by atoms with Crippen LogP contribution in [-0.2, 0) is 6.42 Å². The van der Waals surface area contributed by atoms with E-state index in [-0.39, 0.29) is 29.2 Å². The molecule has 9 nitrogen and oxygen atoms in total. The molecule has 0 bridgehead atoms. The Balaban J connectivity index is 1.55. The number of hydrogen-bond donors (Lipinski definition) is 4. The average Bonchev–Trinajstić information content (AvgIpc) is 3.37. The summed E-state index contributed by atoms with van der Waals surface area (Å²) < 4.78 is 35.6. The van der Waals surface area contributed by atoms with Crippen LogP contribution in [0.3, 0.4) is 0 Å². The third kappa shape index (κ3) is 5.88. The standard InChI is InChI=1S/C29H33F2N7O2/c1-6-18-13-19(7-8-20(18)29(39)36-17(4)14-34-26(32)16(2)3)37-27-28-35-15-22(38(28)12-11-33-27)21-9-10-23(40-5)25(31)24(21)30/h7-13,15-17H,6,14H2,1-5H3,(H2,32,34)(H,33,37)(H,36,39). The molecule has 0 aliphatic carbocycles. The number of hydrogen-bond acceptors (Lipinski definition) is 6. The molecule has 40 heavy (non-hydrogen) atoms. The maximum atomic E-state index is 14.8. The summed E-state index contributed by atoms with van der Waals surface area (Å²) in [6, 6.07) is 8.04. The van der Waals surface area contributed by atoms with Gasteiger partial charge in [-0.05, 0) is 49.2 Å². The highest BCUT2D eigenvalue weighted by atomic mass is 19.2. The molecule has 0 aliphatic rings. The predicted octanol–water partition coefficient (Wildman–Crippen LogP) is 5.33. The molecule has 2 aromatic carbocycles. The van der Waals surface area contributed by atoms with Crippen molar-refractivity contribution in [3.05, 3.63) is 71.7 Å². The molecule has 0 saturated carbocycles. The van der Waals surface area contributed by atoms with Crippen LogP contribution >= 0.6 is 0 Å². The molecule has 2 aromatic heterocycles. The highest BCUT2D eigenvalue weighted by Gasteiger charge is 2.20. The summed E-state index contributed by atoms with van der Waals surface area (Å²) in [5.74, 6) is -1.54. The number of amidine groups is 1. The number of anilines is 2. The van der Waals surface area contributed by atoms with E-state index in [1.165, 1.54) is 31.6 Å². The quantitative estimate of drug-likeness (QED) is 0.157. The number of halogens is 2. The number of carbonyl (C=O) groups excluding carboxylic acids is 1. The van der Waals surface area contributed by atoms with Crippen molar-refractivity contribution in [2.24, 2.45) is 5.92 Å². The van der Waals surface area contributed by atoms with Crippen LogP contribution in [0.4, 0.5) is 20.3 Å². The molecule has 4 rings (SSSR count). The Hall–Kier alpha value is -4.54. The van der Waals surface area contributed by atoms with E-state index in [0.29, 0.717) is 47.2 Å². The first kappa shape index (κ1) is 28.5. The van der Waals surface area contributed by atoms with Crippen molar-refractivity contribution < 1.29 is 18.3 Å². The molecule has 1 unspecified atom stereocenters. The lowest BCUT2D eigenvalue weighted by molar-refractivity contribution is 0.0939. The summed E-state index contributed by atoms with van der Waals surface area (Å²) in [7, 11) is 1.28. The van der Waals surface area contributed by atoms with E-state index < -0.39 is 11.6 Å². The summed E-state index contributed by atoms with van der Waals surface area (Å²) in [5.41, 5.74) is 2.90. The van der Waals surface area contributed by atoms with Crippen molar-refractivity contribution in [2.45, 2.75) is 40.2 Å². The number of methoxy groups -OCH3 is 1. The van der Waals surface area contributed by atoms with Gasteiger partial charge in [0.05, 0.1) is 24.8 Å². The van der Waals surface area contributed by atoms with Gasteiger partial charge in [0.1, 0.15) is 0 Å². The third-order valence-corrected chi connectivity index (χ3v) is 6.52. The van der Waals surface area contributed by atoms with Gasteiger partial charge in [-0.1, -0.05) is 20.8 Å². The van der Waals surface area contributed by atoms with Gasteiger partial charge in [0, 0.05) is 47.7 Å². The minimum absolute atomic E-state index is 0.0389. The topological polar surface area (TPSA) is 116 Å². The second kappa shape index (κ2) is 12.1. The Morgan fingerprint density at radius 2 is 1.90 bits per heavy atom. The minimum Gasteiger partial charge on any atom is -0.494 e. The molecule has 0 fully saturated rings. The highest BCUT2D eigenvalue weighted by molar-refractivity contribution is 5.96. The Kier molecular flexibility index (Phi) is 8.61. The smallest absolute Gasteiger partial charge is 0.251 e. The van der Waals surface area contributed by atoms with E-state index in [1.54, 1.807) is 22.7 Å². The van der Waals surface area contributed by atoms with Crippen LogP contribution in [0, 0.1) is 23.0 Å². The highest BCUT2D eigenvalue weighted by Crippen LogP contribution is 2.31. The van der Waals surface area contributed by atoms with Gasteiger partial charge in [-0.25, -0.2) is 14.4 Å². The maximum Gasteiger partial charge on any atom is 0.251 e. The number of nitrogens with one attached hydrogen (secondary N) is 4.